The van der Waals surface area contributed by atoms with Crippen LogP contribution in [0.3, 0.4) is 0 Å². The second kappa shape index (κ2) is 7.47. The minimum atomic E-state index is -0.547. The molecular weight excluding hydrogens is 304 g/mol. The standard InChI is InChI=1S/C18H22N4O2/c1-21-13-20-17-11-22(9-7-18(17)21)10-15(23)12-24-16-4-2-14(3-5-16)6-8-19/h2-5,13,15,23H,6-7,9-12H2,1H3. The van der Waals surface area contributed by atoms with Crippen molar-refractivity contribution in [3.8, 4) is 11.8 Å². The van der Waals surface area contributed by atoms with Gasteiger partial charge in [0.2, 0.25) is 0 Å². The predicted octanol–water partition coefficient (Wildman–Crippen LogP) is 1.28. The molecule has 1 aliphatic rings. The summed E-state index contributed by atoms with van der Waals surface area (Å²) < 4.78 is 7.71. The van der Waals surface area contributed by atoms with Gasteiger partial charge in [-0.15, -0.1) is 0 Å². The Morgan fingerprint density at radius 2 is 2.17 bits per heavy atom. The smallest absolute Gasteiger partial charge is 0.119 e. The highest BCUT2D eigenvalue weighted by Gasteiger charge is 2.21. The molecule has 0 aliphatic carbocycles. The van der Waals surface area contributed by atoms with Crippen LogP contribution in [0.2, 0.25) is 0 Å². The zero-order valence-corrected chi connectivity index (χ0v) is 13.9. The van der Waals surface area contributed by atoms with Gasteiger partial charge in [-0.05, 0) is 17.7 Å². The Kier molecular flexibility index (Phi) is 5.14. The van der Waals surface area contributed by atoms with Crippen molar-refractivity contribution in [3.05, 3.63) is 47.5 Å². The number of hydrogen-bond donors (Lipinski definition) is 1. The van der Waals surface area contributed by atoms with Crippen molar-refractivity contribution in [2.24, 2.45) is 7.05 Å². The number of nitrogens with zero attached hydrogens (tertiary/aromatic N) is 4. The molecule has 1 aliphatic heterocycles. The second-order valence-corrected chi connectivity index (χ2v) is 6.18. The van der Waals surface area contributed by atoms with Gasteiger partial charge in [-0.2, -0.15) is 5.26 Å². The van der Waals surface area contributed by atoms with E-state index in [1.54, 1.807) is 0 Å². The lowest BCUT2D eigenvalue weighted by Gasteiger charge is -2.28. The molecule has 0 radical (unpaired) electrons. The summed E-state index contributed by atoms with van der Waals surface area (Å²) in [6.07, 6.45) is 2.66. The van der Waals surface area contributed by atoms with Crippen LogP contribution in [0, 0.1) is 11.3 Å². The van der Waals surface area contributed by atoms with Gasteiger partial charge in [-0.3, -0.25) is 4.90 Å². The number of nitriles is 1. The number of aliphatic hydroxyl groups excluding tert-OH is 1. The van der Waals surface area contributed by atoms with Crippen LogP contribution in [0.4, 0.5) is 0 Å². The number of ether oxygens (including phenoxy) is 1. The maximum Gasteiger partial charge on any atom is 0.119 e. The van der Waals surface area contributed by atoms with Crippen LogP contribution in [0.25, 0.3) is 0 Å². The van der Waals surface area contributed by atoms with Gasteiger partial charge in [0.1, 0.15) is 18.5 Å². The molecule has 2 heterocycles. The van der Waals surface area contributed by atoms with Crippen LogP contribution in [-0.2, 0) is 26.4 Å². The van der Waals surface area contributed by atoms with Crippen LogP contribution < -0.4 is 4.74 Å². The van der Waals surface area contributed by atoms with Gasteiger partial charge in [0.05, 0.1) is 24.5 Å². The Morgan fingerprint density at radius 3 is 2.92 bits per heavy atom. The van der Waals surface area contributed by atoms with Crippen molar-refractivity contribution in [2.75, 3.05) is 19.7 Å². The number of hydrogen-bond acceptors (Lipinski definition) is 5. The first-order chi connectivity index (χ1) is 11.7. The molecule has 1 atom stereocenters. The molecule has 3 rings (SSSR count). The van der Waals surface area contributed by atoms with Crippen LogP contribution in [0.5, 0.6) is 5.75 Å². The lowest BCUT2D eigenvalue weighted by molar-refractivity contribution is 0.0631. The molecule has 1 unspecified atom stereocenters. The van der Waals surface area contributed by atoms with E-state index in [9.17, 15) is 5.11 Å². The van der Waals surface area contributed by atoms with Crippen molar-refractivity contribution in [1.82, 2.24) is 14.5 Å². The van der Waals surface area contributed by atoms with Crippen molar-refractivity contribution in [2.45, 2.75) is 25.5 Å². The average molecular weight is 326 g/mol. The van der Waals surface area contributed by atoms with Crippen LogP contribution in [0.1, 0.15) is 17.0 Å². The van der Waals surface area contributed by atoms with E-state index in [0.29, 0.717) is 18.7 Å². The molecule has 0 saturated carbocycles. The normalized spacial score (nSPS) is 15.5. The molecule has 1 aromatic heterocycles. The second-order valence-electron chi connectivity index (χ2n) is 6.18. The van der Waals surface area contributed by atoms with Crippen molar-refractivity contribution >= 4 is 0 Å². The Labute approximate surface area is 141 Å². The summed E-state index contributed by atoms with van der Waals surface area (Å²) in [6.45, 7) is 2.52. The summed E-state index contributed by atoms with van der Waals surface area (Å²) in [5.41, 5.74) is 3.35. The molecular formula is C18H22N4O2. The first-order valence-electron chi connectivity index (χ1n) is 8.14. The zero-order chi connectivity index (χ0) is 16.9. The summed E-state index contributed by atoms with van der Waals surface area (Å²) in [5.74, 6) is 0.710. The van der Waals surface area contributed by atoms with Crippen LogP contribution in [0.15, 0.2) is 30.6 Å². The number of aromatic nitrogens is 2. The molecule has 6 heteroatoms. The van der Waals surface area contributed by atoms with Crippen LogP contribution in [-0.4, -0.2) is 45.4 Å². The highest BCUT2D eigenvalue weighted by molar-refractivity contribution is 5.28. The fraction of sp³-hybridized carbons (Fsp3) is 0.444. The van der Waals surface area contributed by atoms with Crippen LogP contribution >= 0.6 is 0 Å². The third-order valence-corrected chi connectivity index (χ3v) is 4.30. The maximum absolute atomic E-state index is 10.2. The van der Waals surface area contributed by atoms with Gasteiger partial charge in [0.15, 0.2) is 0 Å². The molecule has 6 nitrogen and oxygen atoms in total. The highest BCUT2D eigenvalue weighted by Crippen LogP contribution is 2.17. The van der Waals surface area contributed by atoms with E-state index < -0.39 is 6.10 Å². The largest absolute Gasteiger partial charge is 0.491 e. The molecule has 0 fully saturated rings. The molecule has 0 saturated heterocycles. The van der Waals surface area contributed by atoms with Gasteiger partial charge in [0, 0.05) is 38.8 Å². The summed E-state index contributed by atoms with van der Waals surface area (Å²) in [5, 5.41) is 18.9. The topological polar surface area (TPSA) is 74.3 Å². The Hall–Kier alpha value is -2.36. The monoisotopic (exact) mass is 326 g/mol. The summed E-state index contributed by atoms with van der Waals surface area (Å²) >= 11 is 0. The minimum Gasteiger partial charge on any atom is -0.491 e. The molecule has 1 aromatic carbocycles. The fourth-order valence-electron chi connectivity index (χ4n) is 3.01. The average Bonchev–Trinajstić information content (AvgIpc) is 2.95. The maximum atomic E-state index is 10.2. The number of benzene rings is 1. The van der Waals surface area contributed by atoms with Crippen molar-refractivity contribution in [1.29, 1.82) is 5.26 Å². The lowest BCUT2D eigenvalue weighted by atomic mass is 10.1. The van der Waals surface area contributed by atoms with E-state index in [0.717, 1.165) is 30.8 Å². The molecule has 0 amide bonds. The lowest BCUT2D eigenvalue weighted by Crippen LogP contribution is -2.39. The highest BCUT2D eigenvalue weighted by atomic mass is 16.5. The number of β-amino-alcohol motifs (C(OH)–C–C–N with tert-alkyl or cyclic N) is 1. The fourth-order valence-corrected chi connectivity index (χ4v) is 3.01. The Bertz CT molecular complexity index is 718. The Balaban J connectivity index is 1.46. The van der Waals surface area contributed by atoms with Gasteiger partial charge in [-0.25, -0.2) is 4.98 Å². The third-order valence-electron chi connectivity index (χ3n) is 4.30. The number of aliphatic hydroxyl groups is 1. The summed E-state index contributed by atoms with van der Waals surface area (Å²) in [7, 11) is 2.02. The van der Waals surface area contributed by atoms with Gasteiger partial charge < -0.3 is 14.4 Å². The number of rotatable bonds is 6. The van der Waals surface area contributed by atoms with E-state index in [1.807, 2.05) is 37.6 Å². The first-order valence-corrected chi connectivity index (χ1v) is 8.14. The molecule has 0 spiro atoms. The minimum absolute atomic E-state index is 0.253. The molecule has 24 heavy (non-hydrogen) atoms. The summed E-state index contributed by atoms with van der Waals surface area (Å²) in [4.78, 5) is 6.62. The van der Waals surface area contributed by atoms with Gasteiger partial charge in [0.25, 0.3) is 0 Å². The first kappa shape index (κ1) is 16.5. The van der Waals surface area contributed by atoms with Crippen molar-refractivity contribution in [3.63, 3.8) is 0 Å². The van der Waals surface area contributed by atoms with E-state index >= 15 is 0 Å². The van der Waals surface area contributed by atoms with Gasteiger partial charge >= 0.3 is 0 Å². The number of imidazole rings is 1. The van der Waals surface area contributed by atoms with E-state index in [1.165, 1.54) is 5.69 Å². The molecule has 0 bridgehead atoms. The third kappa shape index (κ3) is 3.94. The number of fused-ring (bicyclic) bond motifs is 1. The van der Waals surface area contributed by atoms with E-state index in [2.05, 4.69) is 20.5 Å². The van der Waals surface area contributed by atoms with Crippen molar-refractivity contribution < 1.29 is 9.84 Å². The molecule has 1 N–H and O–H groups in total. The molecule has 2 aromatic rings. The van der Waals surface area contributed by atoms with E-state index in [4.69, 9.17) is 10.00 Å². The summed E-state index contributed by atoms with van der Waals surface area (Å²) in [6, 6.07) is 9.53. The number of aryl methyl sites for hydroxylation is 1. The quantitative estimate of drug-likeness (QED) is 0.866. The Morgan fingerprint density at radius 1 is 1.38 bits per heavy atom. The molecule has 126 valence electrons. The predicted molar refractivity (Wildman–Crippen MR) is 89.4 cm³/mol. The zero-order valence-electron chi connectivity index (χ0n) is 13.9. The SMILES string of the molecule is Cn1cnc2c1CCN(CC(O)COc1ccc(CC#N)cc1)C2. The van der Waals surface area contributed by atoms with E-state index in [-0.39, 0.29) is 6.61 Å². The van der Waals surface area contributed by atoms with Gasteiger partial charge in [-0.1, -0.05) is 12.1 Å².